The Balaban J connectivity index is 3.02. The van der Waals surface area contributed by atoms with Gasteiger partial charge in [-0.05, 0) is 24.1 Å². The van der Waals surface area contributed by atoms with Gasteiger partial charge in [0.15, 0.2) is 0 Å². The molecule has 76 valence electrons. The summed E-state index contributed by atoms with van der Waals surface area (Å²) in [5.41, 5.74) is 2.10. The van der Waals surface area contributed by atoms with E-state index in [0.717, 1.165) is 17.3 Å². The van der Waals surface area contributed by atoms with Crippen molar-refractivity contribution in [1.29, 1.82) is 0 Å². The van der Waals surface area contributed by atoms with E-state index in [1.54, 1.807) is 6.07 Å². The van der Waals surface area contributed by atoms with E-state index in [1.807, 2.05) is 6.08 Å². The number of allylic oxidation sites excluding steroid dienone is 1. The zero-order chi connectivity index (χ0) is 10.6. The first kappa shape index (κ1) is 11.7. The first-order chi connectivity index (χ1) is 6.67. The average molecular weight is 278 g/mol. The lowest BCUT2D eigenvalue weighted by molar-refractivity contribution is 0.628. The third-order valence-electron chi connectivity index (χ3n) is 1.95. The van der Waals surface area contributed by atoms with Crippen molar-refractivity contribution in [3.8, 4) is 0 Å². The Morgan fingerprint density at radius 2 is 2.29 bits per heavy atom. The summed E-state index contributed by atoms with van der Waals surface area (Å²) in [5.74, 6) is -0.302. The van der Waals surface area contributed by atoms with E-state index in [4.69, 9.17) is 11.6 Å². The molecule has 1 aromatic carbocycles. The van der Waals surface area contributed by atoms with Crippen LogP contribution in [0.4, 0.5) is 4.39 Å². The fourth-order valence-electron chi connectivity index (χ4n) is 1.07. The van der Waals surface area contributed by atoms with Crippen LogP contribution in [-0.4, -0.2) is 5.33 Å². The van der Waals surface area contributed by atoms with Gasteiger partial charge in [-0.15, -0.1) is 0 Å². The highest BCUT2D eigenvalue weighted by molar-refractivity contribution is 9.09. The molecule has 14 heavy (non-hydrogen) atoms. The molecule has 0 heterocycles. The molecule has 1 rings (SSSR count). The molecule has 0 atom stereocenters. The van der Waals surface area contributed by atoms with Crippen molar-refractivity contribution in [2.24, 2.45) is 0 Å². The normalized spacial score (nSPS) is 11.9. The van der Waals surface area contributed by atoms with Crippen molar-refractivity contribution >= 4 is 33.6 Å². The molecule has 0 unspecified atom stereocenters. The maximum absolute atomic E-state index is 12.7. The summed E-state index contributed by atoms with van der Waals surface area (Å²) in [6.45, 7) is 2.07. The van der Waals surface area contributed by atoms with Gasteiger partial charge in [-0.3, -0.25) is 0 Å². The molecule has 0 amide bonds. The van der Waals surface area contributed by atoms with Gasteiger partial charge in [0.1, 0.15) is 5.82 Å². The predicted molar refractivity (Wildman–Crippen MR) is 63.5 cm³/mol. The van der Waals surface area contributed by atoms with Crippen LogP contribution in [0.15, 0.2) is 23.8 Å². The van der Waals surface area contributed by atoms with Gasteiger partial charge in [-0.2, -0.15) is 0 Å². The molecule has 0 aliphatic rings. The third-order valence-corrected chi connectivity index (χ3v) is 3.00. The van der Waals surface area contributed by atoms with E-state index in [2.05, 4.69) is 22.9 Å². The second-order valence-electron chi connectivity index (χ2n) is 2.96. The van der Waals surface area contributed by atoms with Crippen molar-refractivity contribution in [3.63, 3.8) is 0 Å². The zero-order valence-corrected chi connectivity index (χ0v) is 10.2. The molecular weight excluding hydrogens is 266 g/mol. The Morgan fingerprint density at radius 3 is 2.79 bits per heavy atom. The first-order valence-corrected chi connectivity index (χ1v) is 5.87. The Kier molecular flexibility index (Phi) is 4.63. The van der Waals surface area contributed by atoms with Gasteiger partial charge in [0.05, 0.1) is 5.02 Å². The largest absolute Gasteiger partial charge is 0.207 e. The van der Waals surface area contributed by atoms with E-state index in [1.165, 1.54) is 17.7 Å². The van der Waals surface area contributed by atoms with Crippen LogP contribution in [0.5, 0.6) is 0 Å². The Morgan fingerprint density at radius 1 is 1.57 bits per heavy atom. The molecule has 0 bridgehead atoms. The maximum atomic E-state index is 12.7. The molecule has 0 saturated heterocycles. The molecule has 0 saturated carbocycles. The summed E-state index contributed by atoms with van der Waals surface area (Å²) in [6, 6.07) is 4.43. The maximum Gasteiger partial charge on any atom is 0.124 e. The van der Waals surface area contributed by atoms with Crippen molar-refractivity contribution in [3.05, 3.63) is 40.2 Å². The van der Waals surface area contributed by atoms with Crippen LogP contribution >= 0.6 is 27.5 Å². The number of rotatable bonds is 3. The number of alkyl halides is 1. The lowest BCUT2D eigenvalue weighted by atomic mass is 10.1. The fraction of sp³-hybridized carbons (Fsp3) is 0.273. The minimum atomic E-state index is -0.302. The van der Waals surface area contributed by atoms with Crippen LogP contribution in [0.25, 0.3) is 6.08 Å². The van der Waals surface area contributed by atoms with Gasteiger partial charge >= 0.3 is 0 Å². The van der Waals surface area contributed by atoms with E-state index in [9.17, 15) is 4.39 Å². The van der Waals surface area contributed by atoms with E-state index < -0.39 is 0 Å². The van der Waals surface area contributed by atoms with Crippen LogP contribution in [0.1, 0.15) is 18.9 Å². The molecule has 0 nitrogen and oxygen atoms in total. The minimum Gasteiger partial charge on any atom is -0.207 e. The number of hydrogen-bond acceptors (Lipinski definition) is 0. The molecule has 3 heteroatoms. The van der Waals surface area contributed by atoms with Gasteiger partial charge in [0.2, 0.25) is 0 Å². The van der Waals surface area contributed by atoms with Crippen molar-refractivity contribution in [2.45, 2.75) is 13.3 Å². The molecule has 0 fully saturated rings. The van der Waals surface area contributed by atoms with Crippen LogP contribution in [0, 0.1) is 5.82 Å². The summed E-state index contributed by atoms with van der Waals surface area (Å²) in [5, 5.41) is 1.27. The lowest BCUT2D eigenvalue weighted by Crippen LogP contribution is -1.84. The smallest absolute Gasteiger partial charge is 0.124 e. The molecule has 0 aromatic heterocycles. The van der Waals surface area contributed by atoms with Crippen LogP contribution in [-0.2, 0) is 0 Å². The fourth-order valence-corrected chi connectivity index (χ4v) is 1.85. The van der Waals surface area contributed by atoms with Gasteiger partial charge in [0, 0.05) is 5.33 Å². The molecule has 0 spiro atoms. The molecule has 0 aliphatic carbocycles. The van der Waals surface area contributed by atoms with Gasteiger partial charge in [0.25, 0.3) is 0 Å². The van der Waals surface area contributed by atoms with Crippen molar-refractivity contribution in [2.75, 3.05) is 5.33 Å². The molecule has 0 N–H and O–H groups in total. The summed E-state index contributed by atoms with van der Waals surface area (Å²) in [4.78, 5) is 0. The monoisotopic (exact) mass is 276 g/mol. The highest BCUT2D eigenvalue weighted by Gasteiger charge is 2.00. The topological polar surface area (TPSA) is 0 Å². The Hall–Kier alpha value is -0.340. The van der Waals surface area contributed by atoms with Gasteiger partial charge < -0.3 is 0 Å². The highest BCUT2D eigenvalue weighted by atomic mass is 79.9. The van der Waals surface area contributed by atoms with E-state index >= 15 is 0 Å². The summed E-state index contributed by atoms with van der Waals surface area (Å²) >= 11 is 9.27. The van der Waals surface area contributed by atoms with E-state index in [0.29, 0.717) is 5.02 Å². The highest BCUT2D eigenvalue weighted by Crippen LogP contribution is 2.21. The summed E-state index contributed by atoms with van der Waals surface area (Å²) < 4.78 is 12.7. The SMILES string of the molecule is CC/C(=C/c1ccc(F)cc1Cl)CBr. The standard InChI is InChI=1S/C11H11BrClF/c1-2-8(7-12)5-9-3-4-10(14)6-11(9)13/h3-6H,2,7H2,1H3/b8-5-. The average Bonchev–Trinajstić information content (AvgIpc) is 2.17. The molecular formula is C11H11BrClF. The third kappa shape index (κ3) is 3.10. The van der Waals surface area contributed by atoms with E-state index in [-0.39, 0.29) is 5.82 Å². The molecule has 1 aromatic rings. The Labute approximate surface area is 96.9 Å². The van der Waals surface area contributed by atoms with Gasteiger partial charge in [-0.1, -0.05) is 52.2 Å². The second kappa shape index (κ2) is 5.52. The Bertz CT molecular complexity index is 341. The molecule has 0 aliphatic heterocycles. The minimum absolute atomic E-state index is 0.302. The summed E-state index contributed by atoms with van der Waals surface area (Å²) in [7, 11) is 0. The number of benzene rings is 1. The first-order valence-electron chi connectivity index (χ1n) is 4.37. The number of halogens is 3. The van der Waals surface area contributed by atoms with Crippen molar-refractivity contribution < 1.29 is 4.39 Å². The summed E-state index contributed by atoms with van der Waals surface area (Å²) in [6.07, 6.45) is 2.94. The molecule has 0 radical (unpaired) electrons. The van der Waals surface area contributed by atoms with Gasteiger partial charge in [-0.25, -0.2) is 4.39 Å². The van der Waals surface area contributed by atoms with Crippen LogP contribution in [0.3, 0.4) is 0 Å². The number of hydrogen-bond donors (Lipinski definition) is 0. The predicted octanol–water partition coefficient (Wildman–Crippen LogP) is 4.67. The lowest BCUT2D eigenvalue weighted by Gasteiger charge is -2.02. The quantitative estimate of drug-likeness (QED) is 0.705. The zero-order valence-electron chi connectivity index (χ0n) is 7.86. The van der Waals surface area contributed by atoms with Crippen molar-refractivity contribution in [1.82, 2.24) is 0 Å². The van der Waals surface area contributed by atoms with Crippen LogP contribution < -0.4 is 0 Å². The van der Waals surface area contributed by atoms with Crippen LogP contribution in [0.2, 0.25) is 5.02 Å². The second-order valence-corrected chi connectivity index (χ2v) is 3.92.